The molecular weight excluding hydrogens is 358 g/mol. The van der Waals surface area contributed by atoms with Crippen molar-refractivity contribution in [3.05, 3.63) is 52.4 Å². The van der Waals surface area contributed by atoms with Crippen LogP contribution in [0.4, 0.5) is 0 Å². The van der Waals surface area contributed by atoms with Crippen LogP contribution >= 0.6 is 15.9 Å². The number of amides is 1. The molecule has 5 heteroatoms. The molecule has 1 aliphatic rings. The lowest BCUT2D eigenvalue weighted by Crippen LogP contribution is -2.30. The zero-order chi connectivity index (χ0) is 16.4. The van der Waals surface area contributed by atoms with E-state index in [1.807, 2.05) is 36.4 Å². The summed E-state index contributed by atoms with van der Waals surface area (Å²) >= 11 is 3.36. The van der Waals surface area contributed by atoms with Gasteiger partial charge in [0.1, 0.15) is 17.3 Å². The monoisotopic (exact) mass is 377 g/mol. The number of rotatable bonds is 6. The third kappa shape index (κ3) is 4.16. The van der Waals surface area contributed by atoms with E-state index in [0.717, 1.165) is 16.0 Å². The topological polar surface area (TPSA) is 42.7 Å². The molecule has 1 amide bonds. The molecule has 0 aliphatic heterocycles. The SMILES string of the molecule is C[C@H]1C[C@H]1c1ccc(CN(C)C(=O)COc2ccc(Br)cc2)o1. The third-order valence-corrected chi connectivity index (χ3v) is 4.68. The Kier molecular flexibility index (Phi) is 4.76. The Hall–Kier alpha value is -1.75. The summed E-state index contributed by atoms with van der Waals surface area (Å²) in [6.45, 7) is 2.71. The molecule has 1 aromatic carbocycles. The Labute approximate surface area is 144 Å². The molecule has 0 N–H and O–H groups in total. The maximum Gasteiger partial charge on any atom is 0.260 e. The van der Waals surface area contributed by atoms with Crippen LogP contribution in [0.1, 0.15) is 30.8 Å². The summed E-state index contributed by atoms with van der Waals surface area (Å²) in [6, 6.07) is 11.4. The van der Waals surface area contributed by atoms with Gasteiger partial charge in [-0.3, -0.25) is 4.79 Å². The number of hydrogen-bond acceptors (Lipinski definition) is 3. The number of carbonyl (C=O) groups excluding carboxylic acids is 1. The summed E-state index contributed by atoms with van der Waals surface area (Å²) in [5.41, 5.74) is 0. The van der Waals surface area contributed by atoms with Crippen molar-refractivity contribution in [2.45, 2.75) is 25.8 Å². The van der Waals surface area contributed by atoms with Crippen LogP contribution < -0.4 is 4.74 Å². The zero-order valence-electron chi connectivity index (χ0n) is 13.3. The van der Waals surface area contributed by atoms with Gasteiger partial charge < -0.3 is 14.1 Å². The van der Waals surface area contributed by atoms with Crippen molar-refractivity contribution in [1.82, 2.24) is 4.90 Å². The first kappa shape index (κ1) is 16.1. The van der Waals surface area contributed by atoms with Crippen LogP contribution in [0.25, 0.3) is 0 Å². The molecule has 1 heterocycles. The van der Waals surface area contributed by atoms with Crippen LogP contribution in [0.15, 0.2) is 45.3 Å². The molecule has 2 atom stereocenters. The standard InChI is InChI=1S/C18H20BrNO3/c1-12-9-16(12)17-8-7-15(23-17)10-20(2)18(21)11-22-14-5-3-13(19)4-6-14/h3-8,12,16H,9-11H2,1-2H3/t12-,16+/m0/s1. The van der Waals surface area contributed by atoms with Gasteiger partial charge >= 0.3 is 0 Å². The van der Waals surface area contributed by atoms with Gasteiger partial charge in [0, 0.05) is 17.4 Å². The first-order valence-corrected chi connectivity index (χ1v) is 8.53. The van der Waals surface area contributed by atoms with Crippen molar-refractivity contribution >= 4 is 21.8 Å². The van der Waals surface area contributed by atoms with Crippen LogP contribution in [-0.4, -0.2) is 24.5 Å². The molecule has 0 radical (unpaired) electrons. The van der Waals surface area contributed by atoms with Crippen molar-refractivity contribution in [3.8, 4) is 5.75 Å². The summed E-state index contributed by atoms with van der Waals surface area (Å²) in [5, 5.41) is 0. The van der Waals surface area contributed by atoms with Crippen LogP contribution in [0.2, 0.25) is 0 Å². The number of ether oxygens (including phenoxy) is 1. The number of nitrogens with zero attached hydrogens (tertiary/aromatic N) is 1. The molecule has 122 valence electrons. The number of furan rings is 1. The second kappa shape index (κ2) is 6.79. The summed E-state index contributed by atoms with van der Waals surface area (Å²) < 4.78 is 12.3. The van der Waals surface area contributed by atoms with Gasteiger partial charge in [-0.1, -0.05) is 22.9 Å². The molecule has 4 nitrogen and oxygen atoms in total. The molecule has 0 spiro atoms. The number of carbonyl (C=O) groups is 1. The van der Waals surface area contributed by atoms with Crippen LogP contribution in [0.5, 0.6) is 5.75 Å². The summed E-state index contributed by atoms with van der Waals surface area (Å²) in [4.78, 5) is 13.8. The second-order valence-corrected chi connectivity index (χ2v) is 7.03. The van der Waals surface area contributed by atoms with Crippen LogP contribution in [0.3, 0.4) is 0 Å². The molecule has 0 bridgehead atoms. The molecule has 23 heavy (non-hydrogen) atoms. The minimum atomic E-state index is -0.0781. The van der Waals surface area contributed by atoms with Crippen molar-refractivity contribution in [1.29, 1.82) is 0 Å². The molecular formula is C18H20BrNO3. The fraction of sp³-hybridized carbons (Fsp3) is 0.389. The number of halogens is 1. The number of hydrogen-bond donors (Lipinski definition) is 0. The Morgan fingerprint density at radius 2 is 2.00 bits per heavy atom. The quantitative estimate of drug-likeness (QED) is 0.757. The van der Waals surface area contributed by atoms with E-state index in [2.05, 4.69) is 22.9 Å². The van der Waals surface area contributed by atoms with E-state index in [0.29, 0.717) is 24.1 Å². The Morgan fingerprint density at radius 1 is 1.30 bits per heavy atom. The van der Waals surface area contributed by atoms with E-state index in [1.54, 1.807) is 11.9 Å². The van der Waals surface area contributed by atoms with E-state index in [1.165, 1.54) is 6.42 Å². The molecule has 2 aromatic rings. The van der Waals surface area contributed by atoms with Gasteiger partial charge in [-0.25, -0.2) is 0 Å². The van der Waals surface area contributed by atoms with Crippen LogP contribution in [-0.2, 0) is 11.3 Å². The summed E-state index contributed by atoms with van der Waals surface area (Å²) in [7, 11) is 1.76. The van der Waals surface area contributed by atoms with Crippen molar-refractivity contribution < 1.29 is 13.9 Å². The molecule has 0 saturated heterocycles. The predicted octanol–water partition coefficient (Wildman–Crippen LogP) is 4.20. The molecule has 1 aliphatic carbocycles. The second-order valence-electron chi connectivity index (χ2n) is 6.12. The minimum Gasteiger partial charge on any atom is -0.484 e. The van der Waals surface area contributed by atoms with Gasteiger partial charge in [-0.15, -0.1) is 0 Å². The van der Waals surface area contributed by atoms with E-state index in [4.69, 9.17) is 9.15 Å². The van der Waals surface area contributed by atoms with E-state index in [9.17, 15) is 4.79 Å². The minimum absolute atomic E-state index is 0.0192. The van der Waals surface area contributed by atoms with E-state index < -0.39 is 0 Å². The third-order valence-electron chi connectivity index (χ3n) is 4.15. The van der Waals surface area contributed by atoms with Gasteiger partial charge in [0.2, 0.25) is 0 Å². The molecule has 3 rings (SSSR count). The highest BCUT2D eigenvalue weighted by Gasteiger charge is 2.36. The maximum atomic E-state index is 12.1. The van der Waals surface area contributed by atoms with Gasteiger partial charge in [0.15, 0.2) is 6.61 Å². The fourth-order valence-electron chi connectivity index (χ4n) is 2.51. The zero-order valence-corrected chi connectivity index (χ0v) is 14.9. The van der Waals surface area contributed by atoms with Crippen molar-refractivity contribution in [2.75, 3.05) is 13.7 Å². The lowest BCUT2D eigenvalue weighted by Gasteiger charge is -2.16. The lowest BCUT2D eigenvalue weighted by atomic mass is 10.3. The predicted molar refractivity (Wildman–Crippen MR) is 91.3 cm³/mol. The molecule has 1 saturated carbocycles. The summed E-state index contributed by atoms with van der Waals surface area (Å²) in [5.74, 6) is 3.74. The maximum absolute atomic E-state index is 12.1. The lowest BCUT2D eigenvalue weighted by molar-refractivity contribution is -0.132. The van der Waals surface area contributed by atoms with Gasteiger partial charge in [0.05, 0.1) is 6.54 Å². The van der Waals surface area contributed by atoms with Crippen molar-refractivity contribution in [2.24, 2.45) is 5.92 Å². The molecule has 1 fully saturated rings. The van der Waals surface area contributed by atoms with Crippen LogP contribution in [0, 0.1) is 5.92 Å². The summed E-state index contributed by atoms with van der Waals surface area (Å²) in [6.07, 6.45) is 1.20. The molecule has 0 unspecified atom stereocenters. The number of likely N-dealkylation sites (N-methyl/N-ethyl adjacent to an activating group) is 1. The van der Waals surface area contributed by atoms with Crippen molar-refractivity contribution in [3.63, 3.8) is 0 Å². The van der Waals surface area contributed by atoms with Gasteiger partial charge in [0.25, 0.3) is 5.91 Å². The average molecular weight is 378 g/mol. The number of benzene rings is 1. The average Bonchev–Trinajstić information content (AvgIpc) is 3.08. The van der Waals surface area contributed by atoms with Gasteiger partial charge in [-0.05, 0) is 48.7 Å². The van der Waals surface area contributed by atoms with E-state index >= 15 is 0 Å². The van der Waals surface area contributed by atoms with E-state index in [-0.39, 0.29) is 12.5 Å². The normalized spacial score (nSPS) is 19.4. The highest BCUT2D eigenvalue weighted by molar-refractivity contribution is 9.10. The first-order chi connectivity index (χ1) is 11.0. The highest BCUT2D eigenvalue weighted by Crippen LogP contribution is 2.47. The molecule has 1 aromatic heterocycles. The Bertz CT molecular complexity index is 680. The fourth-order valence-corrected chi connectivity index (χ4v) is 2.77. The Morgan fingerprint density at radius 3 is 2.65 bits per heavy atom. The Balaban J connectivity index is 1.49. The first-order valence-electron chi connectivity index (χ1n) is 7.74. The van der Waals surface area contributed by atoms with Gasteiger partial charge in [-0.2, -0.15) is 0 Å². The smallest absolute Gasteiger partial charge is 0.260 e. The largest absolute Gasteiger partial charge is 0.484 e. The highest BCUT2D eigenvalue weighted by atomic mass is 79.9.